The monoisotopic (exact) mass is 257 g/mol. The molecule has 3 unspecified atom stereocenters. The lowest BCUT2D eigenvalue weighted by molar-refractivity contribution is -0.152. The van der Waals surface area contributed by atoms with E-state index in [1.165, 1.54) is 6.92 Å². The van der Waals surface area contributed by atoms with Crippen LogP contribution >= 0.6 is 0 Å². The van der Waals surface area contributed by atoms with Crippen LogP contribution in [0.15, 0.2) is 0 Å². The summed E-state index contributed by atoms with van der Waals surface area (Å²) >= 11 is 0. The Morgan fingerprint density at radius 3 is 2.39 bits per heavy atom. The summed E-state index contributed by atoms with van der Waals surface area (Å²) in [6, 6.07) is 0.0201. The number of hydrogen-bond acceptors (Lipinski definition) is 3. The van der Waals surface area contributed by atoms with E-state index in [0.29, 0.717) is 0 Å². The third-order valence-electron chi connectivity index (χ3n) is 4.47. The van der Waals surface area contributed by atoms with Gasteiger partial charge in [-0.25, -0.2) is 0 Å². The molecule has 1 rings (SSSR count). The minimum Gasteiger partial charge on any atom is -0.481 e. The highest BCUT2D eigenvalue weighted by Gasteiger charge is 2.53. The molecule has 0 bridgehead atoms. The first-order chi connectivity index (χ1) is 8.42. The molecule has 0 radical (unpaired) electrons. The third-order valence-corrected chi connectivity index (χ3v) is 4.47. The first-order valence-electron chi connectivity index (χ1n) is 6.48. The van der Waals surface area contributed by atoms with Gasteiger partial charge in [0.05, 0.1) is 6.10 Å². The molecule has 1 amide bonds. The van der Waals surface area contributed by atoms with E-state index < -0.39 is 17.8 Å². The Labute approximate surface area is 108 Å². The number of methoxy groups -OCH3 is 1. The van der Waals surface area contributed by atoms with Crippen molar-refractivity contribution in [1.29, 1.82) is 0 Å². The average molecular weight is 257 g/mol. The molecule has 0 aromatic rings. The molecule has 0 heterocycles. The van der Waals surface area contributed by atoms with Crippen molar-refractivity contribution in [2.45, 2.75) is 52.2 Å². The van der Waals surface area contributed by atoms with Crippen molar-refractivity contribution in [1.82, 2.24) is 5.32 Å². The van der Waals surface area contributed by atoms with E-state index >= 15 is 0 Å². The van der Waals surface area contributed by atoms with Crippen LogP contribution in [-0.4, -0.2) is 36.2 Å². The fourth-order valence-electron chi connectivity index (χ4n) is 2.89. The van der Waals surface area contributed by atoms with Crippen LogP contribution in [0.5, 0.6) is 0 Å². The number of nitrogens with one attached hydrogen (secondary N) is 1. The fourth-order valence-corrected chi connectivity index (χ4v) is 2.89. The summed E-state index contributed by atoms with van der Waals surface area (Å²) in [7, 11) is 1.68. The minimum atomic E-state index is -1.09. The lowest BCUT2D eigenvalue weighted by Gasteiger charge is -2.55. The van der Waals surface area contributed by atoms with Gasteiger partial charge in [-0.1, -0.05) is 13.8 Å². The third kappa shape index (κ3) is 2.36. The van der Waals surface area contributed by atoms with E-state index in [4.69, 9.17) is 9.84 Å². The van der Waals surface area contributed by atoms with Gasteiger partial charge in [0.25, 0.3) is 0 Å². The Morgan fingerprint density at radius 2 is 2.00 bits per heavy atom. The van der Waals surface area contributed by atoms with E-state index in [0.717, 1.165) is 19.3 Å². The molecule has 18 heavy (non-hydrogen) atoms. The lowest BCUT2D eigenvalue weighted by atomic mass is 9.58. The van der Waals surface area contributed by atoms with Crippen molar-refractivity contribution >= 4 is 11.9 Å². The second-order valence-electron chi connectivity index (χ2n) is 5.02. The molecule has 1 aliphatic rings. The molecule has 0 aliphatic heterocycles. The van der Waals surface area contributed by atoms with Gasteiger partial charge in [-0.3, -0.25) is 9.59 Å². The highest BCUT2D eigenvalue weighted by molar-refractivity contribution is 5.96. The number of carboxylic acid groups (broad SMARTS) is 1. The lowest BCUT2D eigenvalue weighted by Crippen LogP contribution is -2.64. The predicted octanol–water partition coefficient (Wildman–Crippen LogP) is 1.42. The Hall–Kier alpha value is -1.10. The molecule has 1 aliphatic carbocycles. The van der Waals surface area contributed by atoms with Gasteiger partial charge in [0, 0.05) is 18.6 Å². The quantitative estimate of drug-likeness (QED) is 0.706. The van der Waals surface area contributed by atoms with Crippen LogP contribution in [0.4, 0.5) is 0 Å². The normalized spacial score (nSPS) is 27.1. The van der Waals surface area contributed by atoms with Gasteiger partial charge in [0.2, 0.25) is 5.91 Å². The van der Waals surface area contributed by atoms with Gasteiger partial charge in [0.1, 0.15) is 5.92 Å². The summed E-state index contributed by atoms with van der Waals surface area (Å²) in [5.41, 5.74) is -0.0529. The van der Waals surface area contributed by atoms with E-state index in [-0.39, 0.29) is 17.6 Å². The van der Waals surface area contributed by atoms with Crippen molar-refractivity contribution in [3.8, 4) is 0 Å². The van der Waals surface area contributed by atoms with Crippen LogP contribution in [0.2, 0.25) is 0 Å². The van der Waals surface area contributed by atoms with Crippen LogP contribution in [0.3, 0.4) is 0 Å². The number of carboxylic acids is 1. The van der Waals surface area contributed by atoms with Crippen LogP contribution < -0.4 is 5.32 Å². The molecular weight excluding hydrogens is 234 g/mol. The average Bonchev–Trinajstić information content (AvgIpc) is 2.34. The minimum absolute atomic E-state index is 0.0201. The molecule has 104 valence electrons. The fraction of sp³-hybridized carbons (Fsp3) is 0.846. The molecule has 3 atom stereocenters. The number of ether oxygens (including phenoxy) is 1. The molecule has 1 saturated carbocycles. The molecule has 2 N–H and O–H groups in total. The summed E-state index contributed by atoms with van der Waals surface area (Å²) in [4.78, 5) is 22.5. The molecule has 5 heteroatoms. The second-order valence-corrected chi connectivity index (χ2v) is 5.02. The second kappa shape index (κ2) is 5.69. The smallest absolute Gasteiger partial charge is 0.315 e. The molecule has 1 fully saturated rings. The van der Waals surface area contributed by atoms with Gasteiger partial charge >= 0.3 is 5.97 Å². The Balaban J connectivity index is 2.69. The van der Waals surface area contributed by atoms with Gasteiger partial charge < -0.3 is 15.2 Å². The highest BCUT2D eigenvalue weighted by Crippen LogP contribution is 2.48. The van der Waals surface area contributed by atoms with E-state index in [2.05, 4.69) is 19.2 Å². The van der Waals surface area contributed by atoms with Gasteiger partial charge in [-0.15, -0.1) is 0 Å². The maximum Gasteiger partial charge on any atom is 0.315 e. The molecule has 0 aromatic heterocycles. The van der Waals surface area contributed by atoms with E-state index in [1.807, 2.05) is 0 Å². The topological polar surface area (TPSA) is 75.6 Å². The number of carbonyl (C=O) groups is 2. The maximum absolute atomic E-state index is 11.8. The SMILES string of the molecule is CCC1(CC)C(NC(=O)C(C)C(=O)O)CC1OC. The predicted molar refractivity (Wildman–Crippen MR) is 67.2 cm³/mol. The van der Waals surface area contributed by atoms with Crippen molar-refractivity contribution in [2.24, 2.45) is 11.3 Å². The summed E-state index contributed by atoms with van der Waals surface area (Å²) < 4.78 is 5.44. The highest BCUT2D eigenvalue weighted by atomic mass is 16.5. The van der Waals surface area contributed by atoms with Crippen molar-refractivity contribution < 1.29 is 19.4 Å². The zero-order valence-corrected chi connectivity index (χ0v) is 11.5. The van der Waals surface area contributed by atoms with Crippen LogP contribution in [0.25, 0.3) is 0 Å². The Morgan fingerprint density at radius 1 is 1.44 bits per heavy atom. The molecular formula is C13H23NO4. The molecule has 5 nitrogen and oxygen atoms in total. The zero-order valence-electron chi connectivity index (χ0n) is 11.5. The van der Waals surface area contributed by atoms with Crippen molar-refractivity contribution in [2.75, 3.05) is 7.11 Å². The summed E-state index contributed by atoms with van der Waals surface area (Å²) in [5, 5.41) is 11.7. The van der Waals surface area contributed by atoms with E-state index in [9.17, 15) is 9.59 Å². The molecule has 0 spiro atoms. The summed E-state index contributed by atoms with van der Waals surface area (Å²) in [5.74, 6) is -2.50. The number of aliphatic carboxylic acids is 1. The van der Waals surface area contributed by atoms with Gasteiger partial charge in [0.15, 0.2) is 0 Å². The maximum atomic E-state index is 11.8. The first-order valence-corrected chi connectivity index (χ1v) is 6.48. The van der Waals surface area contributed by atoms with Gasteiger partial charge in [-0.05, 0) is 26.2 Å². The Bertz CT molecular complexity index is 325. The van der Waals surface area contributed by atoms with Crippen LogP contribution in [-0.2, 0) is 14.3 Å². The van der Waals surface area contributed by atoms with Crippen LogP contribution in [0.1, 0.15) is 40.0 Å². The number of carbonyl (C=O) groups excluding carboxylic acids is 1. The van der Waals surface area contributed by atoms with Crippen LogP contribution in [0, 0.1) is 11.3 Å². The van der Waals surface area contributed by atoms with Gasteiger partial charge in [-0.2, -0.15) is 0 Å². The summed E-state index contributed by atoms with van der Waals surface area (Å²) in [6.07, 6.45) is 2.73. The number of amides is 1. The molecule has 0 saturated heterocycles. The Kier molecular flexibility index (Phi) is 4.73. The van der Waals surface area contributed by atoms with Crippen molar-refractivity contribution in [3.63, 3.8) is 0 Å². The first kappa shape index (κ1) is 15.0. The largest absolute Gasteiger partial charge is 0.481 e. The summed E-state index contributed by atoms with van der Waals surface area (Å²) in [6.45, 7) is 5.56. The van der Waals surface area contributed by atoms with E-state index in [1.54, 1.807) is 7.11 Å². The number of rotatable bonds is 6. The standard InChI is InChI=1S/C13H23NO4/c1-5-13(6-2)9(7-10(13)18-4)14-11(15)8(3)12(16)17/h8-10H,5-7H2,1-4H3,(H,14,15)(H,16,17). The van der Waals surface area contributed by atoms with Crippen molar-refractivity contribution in [3.05, 3.63) is 0 Å². The number of hydrogen-bond donors (Lipinski definition) is 2. The molecule has 0 aromatic carbocycles. The zero-order chi connectivity index (χ0) is 13.9.